The molecule has 0 unspecified atom stereocenters. The molecule has 4 aromatic heterocycles. The third kappa shape index (κ3) is 5.07. The molecule has 12 heteroatoms. The molecule has 4 aromatic rings. The van der Waals surface area contributed by atoms with Gasteiger partial charge in [-0.3, -0.25) is 0 Å². The maximum Gasteiger partial charge on any atom is 0.336 e. The molecule has 0 aromatic carbocycles. The third-order valence-corrected chi connectivity index (χ3v) is 6.14. The lowest BCUT2D eigenvalue weighted by Crippen LogP contribution is -2.07. The summed E-state index contributed by atoms with van der Waals surface area (Å²) in [4.78, 5) is 19.5. The van der Waals surface area contributed by atoms with Crippen molar-refractivity contribution in [3.05, 3.63) is 44.6 Å². The summed E-state index contributed by atoms with van der Waals surface area (Å²) in [7, 11) is 0. The number of rotatable bonds is 9. The van der Waals surface area contributed by atoms with Crippen LogP contribution in [0.2, 0.25) is 0 Å². The molecule has 0 bridgehead atoms. The van der Waals surface area contributed by atoms with Gasteiger partial charge in [0, 0.05) is 22.6 Å². The number of hydrogen-bond donors (Lipinski definition) is 0. The van der Waals surface area contributed by atoms with Crippen LogP contribution >= 0.6 is 22.7 Å². The van der Waals surface area contributed by atoms with E-state index in [2.05, 4.69) is 40.3 Å². The Morgan fingerprint density at radius 1 is 0.733 bits per heavy atom. The summed E-state index contributed by atoms with van der Waals surface area (Å²) in [5.74, 6) is 0. The fourth-order valence-corrected chi connectivity index (χ4v) is 4.07. The standard InChI is InChI=1S/C18H18N8O2S2/c1-11-15(29-9-19-11)3-5-27-17-23-13(7-21-25-17)14-8-22-26-18(24-14)28-6-4-16-12(2)20-10-30-16/h7-10H,3-6H2,1-2H3. The Balaban J connectivity index is 1.36. The highest BCUT2D eigenvalue weighted by molar-refractivity contribution is 7.10. The molecular weight excluding hydrogens is 424 g/mol. The van der Waals surface area contributed by atoms with Crippen LogP contribution in [-0.4, -0.2) is 53.5 Å². The van der Waals surface area contributed by atoms with Crippen molar-refractivity contribution in [1.82, 2.24) is 40.3 Å². The molecule has 30 heavy (non-hydrogen) atoms. The summed E-state index contributed by atoms with van der Waals surface area (Å²) in [6.45, 7) is 4.82. The fourth-order valence-electron chi connectivity index (χ4n) is 2.55. The van der Waals surface area contributed by atoms with Crippen LogP contribution in [0.5, 0.6) is 12.0 Å². The number of thiazole rings is 2. The minimum absolute atomic E-state index is 0.177. The molecule has 0 amide bonds. The van der Waals surface area contributed by atoms with E-state index in [9.17, 15) is 0 Å². The van der Waals surface area contributed by atoms with E-state index in [1.807, 2.05) is 24.9 Å². The molecule has 4 rings (SSSR count). The van der Waals surface area contributed by atoms with Crippen LogP contribution in [0.15, 0.2) is 23.4 Å². The average Bonchev–Trinajstić information content (AvgIpc) is 3.36. The van der Waals surface area contributed by atoms with Crippen molar-refractivity contribution in [3.63, 3.8) is 0 Å². The summed E-state index contributed by atoms with van der Waals surface area (Å²) in [5.41, 5.74) is 6.63. The highest BCUT2D eigenvalue weighted by Gasteiger charge is 2.10. The molecule has 0 aliphatic rings. The smallest absolute Gasteiger partial charge is 0.336 e. The molecular formula is C18H18N8O2S2. The zero-order valence-electron chi connectivity index (χ0n) is 16.3. The first-order valence-electron chi connectivity index (χ1n) is 9.12. The number of aryl methyl sites for hydroxylation is 2. The van der Waals surface area contributed by atoms with Crippen LogP contribution < -0.4 is 9.47 Å². The molecule has 0 atom stereocenters. The van der Waals surface area contributed by atoms with Gasteiger partial charge < -0.3 is 9.47 Å². The molecule has 0 saturated heterocycles. The second-order valence-electron chi connectivity index (χ2n) is 6.17. The van der Waals surface area contributed by atoms with Crippen LogP contribution in [0.4, 0.5) is 0 Å². The van der Waals surface area contributed by atoms with Crippen molar-refractivity contribution < 1.29 is 9.47 Å². The van der Waals surface area contributed by atoms with Crippen LogP contribution in [0, 0.1) is 13.8 Å². The lowest BCUT2D eigenvalue weighted by Gasteiger charge is -2.06. The van der Waals surface area contributed by atoms with E-state index >= 15 is 0 Å². The predicted molar refractivity (Wildman–Crippen MR) is 111 cm³/mol. The lowest BCUT2D eigenvalue weighted by atomic mass is 10.3. The lowest BCUT2D eigenvalue weighted by molar-refractivity contribution is 0.291. The summed E-state index contributed by atoms with van der Waals surface area (Å²) in [6, 6.07) is 0.354. The molecule has 0 fully saturated rings. The summed E-state index contributed by atoms with van der Waals surface area (Å²) in [5, 5.41) is 15.7. The van der Waals surface area contributed by atoms with E-state index < -0.39 is 0 Å². The van der Waals surface area contributed by atoms with E-state index in [1.54, 1.807) is 22.7 Å². The molecule has 0 spiro atoms. The molecule has 4 heterocycles. The molecule has 0 N–H and O–H groups in total. The first-order valence-corrected chi connectivity index (χ1v) is 10.9. The van der Waals surface area contributed by atoms with Gasteiger partial charge in [-0.25, -0.2) is 9.97 Å². The van der Waals surface area contributed by atoms with Gasteiger partial charge >= 0.3 is 12.0 Å². The van der Waals surface area contributed by atoms with Crippen molar-refractivity contribution in [3.8, 4) is 23.4 Å². The monoisotopic (exact) mass is 442 g/mol. The van der Waals surface area contributed by atoms with Crippen LogP contribution in [0.25, 0.3) is 11.4 Å². The van der Waals surface area contributed by atoms with E-state index in [4.69, 9.17) is 9.47 Å². The van der Waals surface area contributed by atoms with Crippen molar-refractivity contribution >= 4 is 22.7 Å². The molecule has 0 saturated carbocycles. The Bertz CT molecular complexity index is 1030. The van der Waals surface area contributed by atoms with E-state index in [1.165, 1.54) is 22.1 Å². The van der Waals surface area contributed by atoms with Crippen molar-refractivity contribution in [2.75, 3.05) is 13.2 Å². The van der Waals surface area contributed by atoms with Crippen molar-refractivity contribution in [2.24, 2.45) is 0 Å². The SMILES string of the molecule is Cc1ncsc1CCOc1nncc(-c2cnnc(OCCc3scnc3C)n2)n1. The highest BCUT2D eigenvalue weighted by atomic mass is 32.1. The van der Waals surface area contributed by atoms with Crippen LogP contribution in [0.3, 0.4) is 0 Å². The van der Waals surface area contributed by atoms with Gasteiger partial charge in [0.2, 0.25) is 0 Å². The molecule has 0 radical (unpaired) electrons. The van der Waals surface area contributed by atoms with E-state index in [0.717, 1.165) is 24.2 Å². The minimum atomic E-state index is 0.177. The number of aromatic nitrogens is 8. The van der Waals surface area contributed by atoms with Crippen LogP contribution in [-0.2, 0) is 12.8 Å². The number of hydrogen-bond acceptors (Lipinski definition) is 12. The molecule has 154 valence electrons. The van der Waals surface area contributed by atoms with Gasteiger partial charge in [-0.1, -0.05) is 10.2 Å². The van der Waals surface area contributed by atoms with Gasteiger partial charge in [0.25, 0.3) is 0 Å². The second kappa shape index (κ2) is 9.59. The van der Waals surface area contributed by atoms with Gasteiger partial charge in [0.05, 0.1) is 48.0 Å². The Hall–Kier alpha value is -3.12. The zero-order valence-corrected chi connectivity index (χ0v) is 18.0. The van der Waals surface area contributed by atoms with E-state index in [-0.39, 0.29) is 12.0 Å². The first kappa shape index (κ1) is 20.2. The predicted octanol–water partition coefficient (Wildman–Crippen LogP) is 2.50. The summed E-state index contributed by atoms with van der Waals surface area (Å²) < 4.78 is 11.3. The van der Waals surface area contributed by atoms with Crippen LogP contribution in [0.1, 0.15) is 21.1 Å². The topological polar surface area (TPSA) is 122 Å². The Morgan fingerprint density at radius 2 is 1.20 bits per heavy atom. The first-order chi connectivity index (χ1) is 14.7. The molecule has 10 nitrogen and oxygen atoms in total. The Labute approximate surface area is 180 Å². The zero-order chi connectivity index (χ0) is 20.8. The van der Waals surface area contributed by atoms with Gasteiger partial charge in [0.1, 0.15) is 11.4 Å². The van der Waals surface area contributed by atoms with Crippen molar-refractivity contribution in [1.29, 1.82) is 0 Å². The summed E-state index contributed by atoms with van der Waals surface area (Å²) >= 11 is 3.21. The quantitative estimate of drug-likeness (QED) is 0.382. The Morgan fingerprint density at radius 3 is 1.60 bits per heavy atom. The maximum atomic E-state index is 5.64. The number of ether oxygens (including phenoxy) is 2. The van der Waals surface area contributed by atoms with E-state index in [0.29, 0.717) is 24.6 Å². The molecule has 0 aliphatic heterocycles. The Kier molecular flexibility index (Phi) is 6.44. The maximum absolute atomic E-state index is 5.64. The van der Waals surface area contributed by atoms with Gasteiger partial charge in [0.15, 0.2) is 0 Å². The minimum Gasteiger partial charge on any atom is -0.462 e. The second-order valence-corrected chi connectivity index (χ2v) is 8.05. The highest BCUT2D eigenvalue weighted by Crippen LogP contribution is 2.17. The molecule has 0 aliphatic carbocycles. The largest absolute Gasteiger partial charge is 0.462 e. The normalized spacial score (nSPS) is 10.9. The summed E-state index contributed by atoms with van der Waals surface area (Å²) in [6.07, 6.45) is 4.45. The average molecular weight is 443 g/mol. The van der Waals surface area contributed by atoms with Crippen molar-refractivity contribution in [2.45, 2.75) is 26.7 Å². The van der Waals surface area contributed by atoms with Gasteiger partial charge in [-0.05, 0) is 13.8 Å². The third-order valence-electron chi connectivity index (χ3n) is 4.15. The fraction of sp³-hybridized carbons (Fsp3) is 0.333. The number of nitrogens with zero attached hydrogens (tertiary/aromatic N) is 8. The van der Waals surface area contributed by atoms with Gasteiger partial charge in [-0.2, -0.15) is 20.2 Å². The van der Waals surface area contributed by atoms with Gasteiger partial charge in [-0.15, -0.1) is 22.7 Å².